The molecule has 0 aliphatic rings. The Hall–Kier alpha value is -0.390. The molecule has 15 heavy (non-hydrogen) atoms. The van der Waals surface area contributed by atoms with E-state index in [0.717, 1.165) is 9.47 Å². The van der Waals surface area contributed by atoms with Crippen LogP contribution in [0.1, 0.15) is 13.8 Å². The number of nitrogens with one attached hydrogen (secondary N) is 1. The van der Waals surface area contributed by atoms with Crippen molar-refractivity contribution in [1.82, 2.24) is 0 Å². The van der Waals surface area contributed by atoms with Gasteiger partial charge in [0.15, 0.2) is 0 Å². The van der Waals surface area contributed by atoms with E-state index in [-0.39, 0.29) is 24.3 Å². The van der Waals surface area contributed by atoms with Crippen molar-refractivity contribution in [2.45, 2.75) is 13.8 Å². The number of aliphatic hydroxyl groups is 1. The van der Waals surface area contributed by atoms with Crippen molar-refractivity contribution < 1.29 is 9.90 Å². The Labute approximate surface area is 102 Å². The van der Waals surface area contributed by atoms with E-state index in [0.29, 0.717) is 0 Å². The van der Waals surface area contributed by atoms with Crippen molar-refractivity contribution >= 4 is 38.2 Å². The van der Waals surface area contributed by atoms with Crippen LogP contribution in [0.5, 0.6) is 0 Å². The van der Waals surface area contributed by atoms with Crippen LogP contribution in [0.25, 0.3) is 0 Å². The lowest BCUT2D eigenvalue weighted by Gasteiger charge is -2.16. The third-order valence-corrected chi connectivity index (χ3v) is 3.76. The van der Waals surface area contributed by atoms with Gasteiger partial charge in [0.1, 0.15) is 0 Å². The summed E-state index contributed by atoms with van der Waals surface area (Å²) < 4.78 is 0.952. The van der Waals surface area contributed by atoms with Crippen molar-refractivity contribution in [2.75, 3.05) is 11.9 Å². The van der Waals surface area contributed by atoms with E-state index in [1.807, 2.05) is 25.3 Å². The lowest BCUT2D eigenvalue weighted by molar-refractivity contribution is -0.122. The van der Waals surface area contributed by atoms with Gasteiger partial charge in [0.25, 0.3) is 0 Å². The van der Waals surface area contributed by atoms with Crippen LogP contribution in [0, 0.1) is 11.8 Å². The number of rotatable bonds is 4. The van der Waals surface area contributed by atoms with Gasteiger partial charge in [-0.25, -0.2) is 0 Å². The molecule has 1 rings (SSSR count). The average molecular weight is 292 g/mol. The summed E-state index contributed by atoms with van der Waals surface area (Å²) in [6, 6.07) is 1.84. The zero-order chi connectivity index (χ0) is 11.4. The predicted molar refractivity (Wildman–Crippen MR) is 66.1 cm³/mol. The van der Waals surface area contributed by atoms with E-state index in [2.05, 4.69) is 21.2 Å². The van der Waals surface area contributed by atoms with Gasteiger partial charge in [-0.1, -0.05) is 13.8 Å². The Morgan fingerprint density at radius 3 is 2.73 bits per heavy atom. The average Bonchev–Trinajstić information content (AvgIpc) is 2.51. The Bertz CT molecular complexity index is 338. The number of hydrogen-bond acceptors (Lipinski definition) is 3. The number of carbonyl (C=O) groups is 1. The normalized spacial score (nSPS) is 12.9. The van der Waals surface area contributed by atoms with Crippen LogP contribution in [-0.2, 0) is 4.79 Å². The molecule has 0 spiro atoms. The van der Waals surface area contributed by atoms with Gasteiger partial charge < -0.3 is 10.4 Å². The van der Waals surface area contributed by atoms with Crippen molar-refractivity contribution in [3.05, 3.63) is 15.9 Å². The maximum atomic E-state index is 11.7. The SMILES string of the molecule is CC(C)C(CO)C(=O)Nc1cc(Br)cs1. The molecule has 0 aliphatic heterocycles. The second kappa shape index (κ2) is 5.63. The molecule has 2 N–H and O–H groups in total. The molecule has 0 bridgehead atoms. The van der Waals surface area contributed by atoms with Crippen LogP contribution in [-0.4, -0.2) is 17.6 Å². The van der Waals surface area contributed by atoms with Crippen LogP contribution in [0.15, 0.2) is 15.9 Å². The quantitative estimate of drug-likeness (QED) is 0.896. The minimum Gasteiger partial charge on any atom is -0.396 e. The zero-order valence-corrected chi connectivity index (χ0v) is 11.1. The van der Waals surface area contributed by atoms with Crippen LogP contribution >= 0.6 is 27.3 Å². The molecule has 1 atom stereocenters. The summed E-state index contributed by atoms with van der Waals surface area (Å²) in [5.41, 5.74) is 0. The molecule has 0 saturated carbocycles. The molecule has 0 aliphatic carbocycles. The fraction of sp³-hybridized carbons (Fsp3) is 0.500. The number of hydrogen-bond donors (Lipinski definition) is 2. The molecule has 1 aromatic rings. The lowest BCUT2D eigenvalue weighted by atomic mass is 9.96. The first-order valence-electron chi connectivity index (χ1n) is 4.70. The largest absolute Gasteiger partial charge is 0.396 e. The number of carbonyl (C=O) groups excluding carboxylic acids is 1. The predicted octanol–water partition coefficient (Wildman–Crippen LogP) is 2.71. The Morgan fingerprint density at radius 1 is 1.67 bits per heavy atom. The maximum absolute atomic E-state index is 11.7. The molecule has 0 radical (unpaired) electrons. The van der Waals surface area contributed by atoms with Gasteiger partial charge in [-0.2, -0.15) is 0 Å². The zero-order valence-electron chi connectivity index (χ0n) is 8.66. The standard InChI is InChI=1S/C10H14BrNO2S/c1-6(2)8(4-13)10(14)12-9-3-7(11)5-15-9/h3,5-6,8,13H,4H2,1-2H3,(H,12,14). The summed E-state index contributed by atoms with van der Waals surface area (Å²) in [5.74, 6) is -0.328. The Morgan fingerprint density at radius 2 is 2.33 bits per heavy atom. The summed E-state index contributed by atoms with van der Waals surface area (Å²) >= 11 is 4.77. The number of halogens is 1. The topological polar surface area (TPSA) is 49.3 Å². The van der Waals surface area contributed by atoms with Crippen LogP contribution in [0.3, 0.4) is 0 Å². The maximum Gasteiger partial charge on any atom is 0.230 e. The van der Waals surface area contributed by atoms with E-state index in [1.54, 1.807) is 0 Å². The molecule has 0 fully saturated rings. The molecular weight excluding hydrogens is 278 g/mol. The number of aliphatic hydroxyl groups excluding tert-OH is 1. The lowest BCUT2D eigenvalue weighted by Crippen LogP contribution is -2.29. The first kappa shape index (κ1) is 12.7. The molecular formula is C10H14BrNO2S. The molecule has 84 valence electrons. The van der Waals surface area contributed by atoms with Crippen molar-refractivity contribution in [2.24, 2.45) is 11.8 Å². The second-order valence-electron chi connectivity index (χ2n) is 3.65. The van der Waals surface area contributed by atoms with Gasteiger partial charge in [-0.3, -0.25) is 4.79 Å². The van der Waals surface area contributed by atoms with Crippen LogP contribution in [0.2, 0.25) is 0 Å². The highest BCUT2D eigenvalue weighted by molar-refractivity contribution is 9.10. The Balaban J connectivity index is 2.62. The first-order valence-corrected chi connectivity index (χ1v) is 6.37. The highest BCUT2D eigenvalue weighted by atomic mass is 79.9. The van der Waals surface area contributed by atoms with Gasteiger partial charge in [0, 0.05) is 9.85 Å². The smallest absolute Gasteiger partial charge is 0.230 e. The molecule has 1 heterocycles. The van der Waals surface area contributed by atoms with Crippen molar-refractivity contribution in [3.8, 4) is 0 Å². The molecule has 1 unspecified atom stereocenters. The van der Waals surface area contributed by atoms with Gasteiger partial charge in [-0.05, 0) is 27.9 Å². The summed E-state index contributed by atoms with van der Waals surface area (Å²) in [6.07, 6.45) is 0. The monoisotopic (exact) mass is 291 g/mol. The van der Waals surface area contributed by atoms with Gasteiger partial charge in [-0.15, -0.1) is 11.3 Å². The summed E-state index contributed by atoms with van der Waals surface area (Å²) in [7, 11) is 0. The first-order chi connectivity index (χ1) is 7.04. The van der Waals surface area contributed by atoms with Gasteiger partial charge >= 0.3 is 0 Å². The molecule has 0 saturated heterocycles. The fourth-order valence-corrected chi connectivity index (χ4v) is 2.51. The minimum absolute atomic E-state index is 0.115. The van der Waals surface area contributed by atoms with E-state index in [9.17, 15) is 4.79 Å². The van der Waals surface area contributed by atoms with Gasteiger partial charge in [0.2, 0.25) is 5.91 Å². The highest BCUT2D eigenvalue weighted by Crippen LogP contribution is 2.25. The third-order valence-electron chi connectivity index (χ3n) is 2.15. The summed E-state index contributed by atoms with van der Waals surface area (Å²) in [6.45, 7) is 3.73. The summed E-state index contributed by atoms with van der Waals surface area (Å²) in [5, 5.41) is 14.6. The molecule has 3 nitrogen and oxygen atoms in total. The fourth-order valence-electron chi connectivity index (χ4n) is 1.19. The minimum atomic E-state index is -0.342. The second-order valence-corrected chi connectivity index (χ2v) is 5.48. The van der Waals surface area contributed by atoms with E-state index in [1.165, 1.54) is 11.3 Å². The molecule has 5 heteroatoms. The number of amides is 1. The third kappa shape index (κ3) is 3.59. The van der Waals surface area contributed by atoms with E-state index >= 15 is 0 Å². The van der Waals surface area contributed by atoms with E-state index in [4.69, 9.17) is 5.11 Å². The van der Waals surface area contributed by atoms with Crippen LogP contribution in [0.4, 0.5) is 5.00 Å². The number of thiophene rings is 1. The molecule has 1 aromatic heterocycles. The molecule has 1 amide bonds. The Kier molecular flexibility index (Phi) is 4.76. The van der Waals surface area contributed by atoms with Gasteiger partial charge in [0.05, 0.1) is 17.5 Å². The highest BCUT2D eigenvalue weighted by Gasteiger charge is 2.21. The van der Waals surface area contributed by atoms with Crippen molar-refractivity contribution in [3.63, 3.8) is 0 Å². The van der Waals surface area contributed by atoms with E-state index < -0.39 is 0 Å². The number of anilines is 1. The summed E-state index contributed by atoms with van der Waals surface area (Å²) in [4.78, 5) is 11.7. The molecule has 0 aromatic carbocycles. The van der Waals surface area contributed by atoms with Crippen molar-refractivity contribution in [1.29, 1.82) is 0 Å². The van der Waals surface area contributed by atoms with Crippen LogP contribution < -0.4 is 5.32 Å².